The van der Waals surface area contributed by atoms with Gasteiger partial charge in [-0.2, -0.15) is 0 Å². The third-order valence-corrected chi connectivity index (χ3v) is 6.96. The van der Waals surface area contributed by atoms with Gasteiger partial charge in [0.2, 0.25) is 0 Å². The van der Waals surface area contributed by atoms with Crippen molar-refractivity contribution in [2.24, 2.45) is 0 Å². The van der Waals surface area contributed by atoms with E-state index in [1.54, 1.807) is 19.2 Å². The summed E-state index contributed by atoms with van der Waals surface area (Å²) in [7, 11) is 1.37. The van der Waals surface area contributed by atoms with Crippen LogP contribution in [0.25, 0.3) is 11.3 Å². The van der Waals surface area contributed by atoms with Gasteiger partial charge in [0.1, 0.15) is 29.5 Å². The number of aromatic nitrogens is 1. The molecule has 1 aliphatic heterocycles. The lowest BCUT2D eigenvalue weighted by Gasteiger charge is -2.17. The van der Waals surface area contributed by atoms with Crippen molar-refractivity contribution in [3.05, 3.63) is 77.2 Å². The number of hydrogen-bond donors (Lipinski definition) is 0. The Balaban J connectivity index is 1.32. The molecule has 0 radical (unpaired) electrons. The predicted molar refractivity (Wildman–Crippen MR) is 140 cm³/mol. The van der Waals surface area contributed by atoms with Crippen LogP contribution in [0.15, 0.2) is 54.7 Å². The molecule has 0 amide bonds. The molecule has 5 rings (SSSR count). The van der Waals surface area contributed by atoms with Crippen molar-refractivity contribution in [2.45, 2.75) is 50.7 Å². The summed E-state index contributed by atoms with van der Waals surface area (Å²) in [6, 6.07) is 14.5. The second kappa shape index (κ2) is 11.7. The molecule has 3 atom stereocenters. The summed E-state index contributed by atoms with van der Waals surface area (Å²) >= 11 is 0. The predicted octanol–water partition coefficient (Wildman–Crippen LogP) is 5.79. The Hall–Kier alpha value is -3.89. The maximum Gasteiger partial charge on any atom is 0.307 e. The molecule has 0 N–H and O–H groups in total. The van der Waals surface area contributed by atoms with Crippen LogP contribution in [0.4, 0.5) is 4.39 Å². The summed E-state index contributed by atoms with van der Waals surface area (Å²) in [6.45, 7) is 3.05. The zero-order valence-corrected chi connectivity index (χ0v) is 21.5. The molecule has 0 spiro atoms. The van der Waals surface area contributed by atoms with E-state index >= 15 is 4.39 Å². The molecule has 1 saturated heterocycles. The Kier molecular flexibility index (Phi) is 7.90. The molecule has 0 bridgehead atoms. The summed E-state index contributed by atoms with van der Waals surface area (Å²) in [4.78, 5) is 16.4. The van der Waals surface area contributed by atoms with Crippen molar-refractivity contribution in [2.75, 3.05) is 20.3 Å². The van der Waals surface area contributed by atoms with Gasteiger partial charge in [-0.15, -0.1) is 5.92 Å². The first kappa shape index (κ1) is 25.7. The summed E-state index contributed by atoms with van der Waals surface area (Å²) in [5.41, 5.74) is 4.08. The molecule has 2 unspecified atom stereocenters. The molecule has 2 heterocycles. The smallest absolute Gasteiger partial charge is 0.307 e. The number of ether oxygens (including phenoxy) is 4. The van der Waals surface area contributed by atoms with Crippen molar-refractivity contribution in [1.29, 1.82) is 0 Å². The Labute approximate surface area is 222 Å². The number of rotatable bonds is 8. The number of methoxy groups -OCH3 is 1. The number of esters is 1. The third-order valence-electron chi connectivity index (χ3n) is 6.96. The molecule has 1 aliphatic carbocycles. The third kappa shape index (κ3) is 5.66. The Morgan fingerprint density at radius 1 is 1.11 bits per heavy atom. The highest BCUT2D eigenvalue weighted by Crippen LogP contribution is 2.41. The first-order chi connectivity index (χ1) is 18.6. The summed E-state index contributed by atoms with van der Waals surface area (Å²) in [5, 5.41) is 0. The van der Waals surface area contributed by atoms with E-state index < -0.39 is 6.10 Å². The lowest BCUT2D eigenvalue weighted by molar-refractivity contribution is -0.140. The molecule has 0 saturated carbocycles. The number of carbonyl (C=O) groups is 1. The van der Waals surface area contributed by atoms with Crippen LogP contribution in [0.2, 0.25) is 0 Å². The lowest BCUT2D eigenvalue weighted by Crippen LogP contribution is -2.15. The molecule has 3 aromatic rings. The zero-order chi connectivity index (χ0) is 26.5. The first-order valence-electron chi connectivity index (χ1n) is 12.8. The molecule has 2 aromatic carbocycles. The Bertz CT molecular complexity index is 1340. The van der Waals surface area contributed by atoms with Gasteiger partial charge in [0, 0.05) is 17.5 Å². The van der Waals surface area contributed by atoms with Crippen molar-refractivity contribution in [3.63, 3.8) is 0 Å². The summed E-state index contributed by atoms with van der Waals surface area (Å²) in [5.74, 6) is 6.42. The van der Waals surface area contributed by atoms with Crippen molar-refractivity contribution >= 4 is 5.97 Å². The van der Waals surface area contributed by atoms with Crippen LogP contribution in [0.1, 0.15) is 54.9 Å². The van der Waals surface area contributed by atoms with E-state index in [4.69, 9.17) is 18.9 Å². The molecule has 2 aliphatic rings. The van der Waals surface area contributed by atoms with Crippen LogP contribution in [0, 0.1) is 17.7 Å². The largest absolute Gasteiger partial charge is 0.486 e. The fourth-order valence-electron chi connectivity index (χ4n) is 5.06. The average Bonchev–Trinajstić information content (AvgIpc) is 3.60. The molecule has 7 heteroatoms. The van der Waals surface area contributed by atoms with Crippen LogP contribution < -0.4 is 9.47 Å². The van der Waals surface area contributed by atoms with Crippen molar-refractivity contribution in [3.8, 4) is 34.6 Å². The SMILES string of the molecule is CC#CC(CC(=O)OC)c1ccc(O[C@@H]2CCc3c(-c4ccc(OC5CCOC5)cn4)ccc(F)c32)cc1. The van der Waals surface area contributed by atoms with Crippen LogP contribution in [-0.4, -0.2) is 37.4 Å². The van der Waals surface area contributed by atoms with Crippen LogP contribution in [0.3, 0.4) is 0 Å². The molecule has 1 fully saturated rings. The number of fused-ring (bicyclic) bond motifs is 1. The highest BCUT2D eigenvalue weighted by molar-refractivity contribution is 5.71. The van der Waals surface area contributed by atoms with Gasteiger partial charge in [-0.3, -0.25) is 9.78 Å². The van der Waals surface area contributed by atoms with Crippen LogP contribution in [0.5, 0.6) is 11.5 Å². The van der Waals surface area contributed by atoms with E-state index in [-0.39, 0.29) is 30.2 Å². The van der Waals surface area contributed by atoms with Gasteiger partial charge in [0.25, 0.3) is 0 Å². The summed E-state index contributed by atoms with van der Waals surface area (Å²) < 4.78 is 37.4. The maximum absolute atomic E-state index is 15.0. The van der Waals surface area contributed by atoms with Gasteiger partial charge >= 0.3 is 5.97 Å². The van der Waals surface area contributed by atoms with E-state index in [0.29, 0.717) is 36.5 Å². The Morgan fingerprint density at radius 3 is 2.61 bits per heavy atom. The molecule has 38 heavy (non-hydrogen) atoms. The second-order valence-corrected chi connectivity index (χ2v) is 9.41. The van der Waals surface area contributed by atoms with Gasteiger partial charge in [-0.1, -0.05) is 18.1 Å². The van der Waals surface area contributed by atoms with Gasteiger partial charge in [-0.05, 0) is 67.3 Å². The number of pyridine rings is 1. The number of carbonyl (C=O) groups excluding carboxylic acids is 1. The quantitative estimate of drug-likeness (QED) is 0.279. The normalized spacial score (nSPS) is 18.7. The summed E-state index contributed by atoms with van der Waals surface area (Å²) in [6.07, 6.45) is 3.78. The van der Waals surface area contributed by atoms with Gasteiger partial charge < -0.3 is 18.9 Å². The van der Waals surface area contributed by atoms with Gasteiger partial charge in [0.15, 0.2) is 0 Å². The average molecular weight is 516 g/mol. The topological polar surface area (TPSA) is 66.9 Å². The minimum absolute atomic E-state index is 0.0583. The van der Waals surface area contributed by atoms with E-state index in [9.17, 15) is 4.79 Å². The highest BCUT2D eigenvalue weighted by atomic mass is 19.1. The number of nitrogens with zero attached hydrogens (tertiary/aromatic N) is 1. The van der Waals surface area contributed by atoms with Crippen molar-refractivity contribution in [1.82, 2.24) is 4.98 Å². The van der Waals surface area contributed by atoms with Gasteiger partial charge in [0.05, 0.1) is 44.6 Å². The van der Waals surface area contributed by atoms with Crippen LogP contribution >= 0.6 is 0 Å². The van der Waals surface area contributed by atoms with Crippen molar-refractivity contribution < 1.29 is 28.1 Å². The molecule has 1 aromatic heterocycles. The second-order valence-electron chi connectivity index (χ2n) is 9.41. The molecule has 196 valence electrons. The minimum Gasteiger partial charge on any atom is -0.486 e. The lowest BCUT2D eigenvalue weighted by atomic mass is 9.96. The maximum atomic E-state index is 15.0. The molecular weight excluding hydrogens is 485 g/mol. The fourth-order valence-corrected chi connectivity index (χ4v) is 5.06. The first-order valence-corrected chi connectivity index (χ1v) is 12.8. The van der Waals surface area contributed by atoms with E-state index in [0.717, 1.165) is 35.4 Å². The standard InChI is InChI=1S/C31H30FNO5/c1-3-4-21(17-30(34)35-2)20-5-7-22(8-6-20)38-29-14-11-26-25(10-12-27(32)31(26)29)28-13-9-23(18-33-28)37-24-15-16-36-19-24/h5-10,12-13,18,21,24,29H,11,14-17,19H2,1-2H3/t21?,24?,29-/m1/s1. The van der Waals surface area contributed by atoms with Gasteiger partial charge in [-0.25, -0.2) is 4.39 Å². The number of benzene rings is 2. The zero-order valence-electron chi connectivity index (χ0n) is 21.5. The Morgan fingerprint density at radius 2 is 1.92 bits per heavy atom. The van der Waals surface area contributed by atoms with Crippen LogP contribution in [-0.2, 0) is 20.7 Å². The van der Waals surface area contributed by atoms with E-state index in [1.165, 1.54) is 13.2 Å². The molecule has 6 nitrogen and oxygen atoms in total. The van der Waals surface area contributed by atoms with E-state index in [1.807, 2.05) is 36.4 Å². The fraction of sp³-hybridized carbons (Fsp3) is 0.355. The highest BCUT2D eigenvalue weighted by Gasteiger charge is 2.30. The molecular formula is C31H30FNO5. The minimum atomic E-state index is -0.401. The number of halogens is 1. The monoisotopic (exact) mass is 515 g/mol. The number of hydrogen-bond acceptors (Lipinski definition) is 6. The van der Waals surface area contributed by atoms with E-state index in [2.05, 4.69) is 16.8 Å².